The van der Waals surface area contributed by atoms with Gasteiger partial charge in [-0.1, -0.05) is 29.8 Å². The molecule has 4 heteroatoms. The third-order valence-electron chi connectivity index (χ3n) is 4.01. The zero-order valence-corrected chi connectivity index (χ0v) is 12.1. The highest BCUT2D eigenvalue weighted by Gasteiger charge is 2.40. The zero-order valence-electron chi connectivity index (χ0n) is 11.4. The SMILES string of the molecule is Cc1cc(Cl)ccc1/C=C/C1CCC(C(F)(F)F)CC1. The van der Waals surface area contributed by atoms with Crippen molar-refractivity contribution in [2.75, 3.05) is 0 Å². The van der Waals surface area contributed by atoms with E-state index in [9.17, 15) is 13.2 Å². The number of allylic oxidation sites excluding steroid dienone is 1. The molecule has 0 aromatic heterocycles. The molecule has 1 aromatic rings. The summed E-state index contributed by atoms with van der Waals surface area (Å²) >= 11 is 5.89. The number of hydrogen-bond donors (Lipinski definition) is 0. The lowest BCUT2D eigenvalue weighted by Gasteiger charge is -2.28. The van der Waals surface area contributed by atoms with Crippen molar-refractivity contribution in [1.82, 2.24) is 0 Å². The van der Waals surface area contributed by atoms with Gasteiger partial charge in [-0.15, -0.1) is 0 Å². The minimum absolute atomic E-state index is 0.248. The molecule has 1 aliphatic carbocycles. The van der Waals surface area contributed by atoms with Gasteiger partial charge in [0, 0.05) is 5.02 Å². The summed E-state index contributed by atoms with van der Waals surface area (Å²) in [5.74, 6) is -0.854. The van der Waals surface area contributed by atoms with Crippen LogP contribution in [0.15, 0.2) is 24.3 Å². The first-order chi connectivity index (χ1) is 9.36. The van der Waals surface area contributed by atoms with Crippen LogP contribution in [0.2, 0.25) is 5.02 Å². The molecule has 0 nitrogen and oxygen atoms in total. The van der Waals surface area contributed by atoms with Crippen LogP contribution in [-0.4, -0.2) is 6.18 Å². The summed E-state index contributed by atoms with van der Waals surface area (Å²) in [4.78, 5) is 0. The minimum Gasteiger partial charge on any atom is -0.171 e. The van der Waals surface area contributed by atoms with Crippen LogP contribution in [-0.2, 0) is 0 Å². The van der Waals surface area contributed by atoms with Gasteiger partial charge >= 0.3 is 6.18 Å². The Bertz CT molecular complexity index is 483. The lowest BCUT2D eigenvalue weighted by molar-refractivity contribution is -0.183. The van der Waals surface area contributed by atoms with E-state index < -0.39 is 12.1 Å². The Hall–Kier alpha value is -0.960. The standard InChI is InChI=1S/C16H18ClF3/c1-11-10-15(17)9-6-13(11)5-2-12-3-7-14(8-4-12)16(18,19)20/h2,5-6,9-10,12,14H,3-4,7-8H2,1H3/b5-2+. The molecule has 0 N–H and O–H groups in total. The Morgan fingerprint density at radius 2 is 1.80 bits per heavy atom. The normalized spacial score (nSPS) is 24.2. The molecule has 2 rings (SSSR count). The van der Waals surface area contributed by atoms with Gasteiger partial charge in [0.05, 0.1) is 5.92 Å². The third kappa shape index (κ3) is 4.02. The summed E-state index contributed by atoms with van der Waals surface area (Å²) in [6.45, 7) is 1.98. The highest BCUT2D eigenvalue weighted by Crippen LogP contribution is 2.40. The van der Waals surface area contributed by atoms with Crippen molar-refractivity contribution in [2.24, 2.45) is 11.8 Å². The molecular weight excluding hydrogens is 285 g/mol. The molecule has 0 bridgehead atoms. The van der Waals surface area contributed by atoms with E-state index in [4.69, 9.17) is 11.6 Å². The highest BCUT2D eigenvalue weighted by molar-refractivity contribution is 6.30. The molecule has 110 valence electrons. The van der Waals surface area contributed by atoms with Crippen LogP contribution in [0.25, 0.3) is 6.08 Å². The van der Waals surface area contributed by atoms with E-state index in [0.29, 0.717) is 17.9 Å². The molecule has 0 unspecified atom stereocenters. The molecule has 1 aromatic carbocycles. The summed E-state index contributed by atoms with van der Waals surface area (Å²) in [7, 11) is 0. The minimum atomic E-state index is -4.03. The molecule has 20 heavy (non-hydrogen) atoms. The van der Waals surface area contributed by atoms with Crippen molar-refractivity contribution in [2.45, 2.75) is 38.8 Å². The molecule has 0 atom stereocenters. The molecule has 0 heterocycles. The Balaban J connectivity index is 1.94. The fraction of sp³-hybridized carbons (Fsp3) is 0.500. The fourth-order valence-corrected chi connectivity index (χ4v) is 2.93. The van der Waals surface area contributed by atoms with Crippen molar-refractivity contribution in [1.29, 1.82) is 0 Å². The monoisotopic (exact) mass is 302 g/mol. The van der Waals surface area contributed by atoms with Gasteiger partial charge in [-0.25, -0.2) is 0 Å². The first kappa shape index (κ1) is 15.4. The third-order valence-corrected chi connectivity index (χ3v) is 4.25. The average Bonchev–Trinajstić information content (AvgIpc) is 2.37. The van der Waals surface area contributed by atoms with Crippen molar-refractivity contribution in [3.63, 3.8) is 0 Å². The smallest absolute Gasteiger partial charge is 0.171 e. The van der Waals surface area contributed by atoms with E-state index in [2.05, 4.69) is 0 Å². The Morgan fingerprint density at radius 3 is 2.35 bits per heavy atom. The number of alkyl halides is 3. The molecule has 1 saturated carbocycles. The topological polar surface area (TPSA) is 0 Å². The molecule has 0 amide bonds. The van der Waals surface area contributed by atoms with Crippen LogP contribution >= 0.6 is 11.6 Å². The van der Waals surface area contributed by atoms with Gasteiger partial charge in [-0.3, -0.25) is 0 Å². The van der Waals surface area contributed by atoms with Gasteiger partial charge in [-0.05, 0) is 61.8 Å². The second kappa shape index (κ2) is 6.21. The van der Waals surface area contributed by atoms with Crippen molar-refractivity contribution >= 4 is 17.7 Å². The Morgan fingerprint density at radius 1 is 1.15 bits per heavy atom. The lowest BCUT2D eigenvalue weighted by Crippen LogP contribution is -2.27. The maximum absolute atomic E-state index is 12.6. The molecule has 0 saturated heterocycles. The van der Waals surface area contributed by atoms with Crippen LogP contribution in [0.3, 0.4) is 0 Å². The van der Waals surface area contributed by atoms with Crippen molar-refractivity contribution < 1.29 is 13.2 Å². The van der Waals surface area contributed by atoms with Gasteiger partial charge < -0.3 is 0 Å². The van der Waals surface area contributed by atoms with Crippen LogP contribution in [0.4, 0.5) is 13.2 Å². The van der Waals surface area contributed by atoms with Gasteiger partial charge in [0.2, 0.25) is 0 Å². The summed E-state index contributed by atoms with van der Waals surface area (Å²) in [5, 5.41) is 0.699. The summed E-state index contributed by atoms with van der Waals surface area (Å²) < 4.78 is 37.7. The van der Waals surface area contributed by atoms with Crippen LogP contribution in [0.1, 0.15) is 36.8 Å². The molecule has 1 aliphatic rings. The molecule has 0 radical (unpaired) electrons. The zero-order chi connectivity index (χ0) is 14.8. The van der Waals surface area contributed by atoms with Crippen LogP contribution in [0.5, 0.6) is 0 Å². The Kier molecular flexibility index (Phi) is 4.79. The largest absolute Gasteiger partial charge is 0.391 e. The predicted molar refractivity (Wildman–Crippen MR) is 76.7 cm³/mol. The predicted octanol–water partition coefficient (Wildman–Crippen LogP) is 6.03. The van der Waals surface area contributed by atoms with E-state index in [1.54, 1.807) is 0 Å². The quantitative estimate of drug-likeness (QED) is 0.625. The number of halogens is 4. The van der Waals surface area contributed by atoms with E-state index in [1.165, 1.54) is 0 Å². The second-order valence-electron chi connectivity index (χ2n) is 5.51. The van der Waals surface area contributed by atoms with Crippen molar-refractivity contribution in [3.05, 3.63) is 40.4 Å². The maximum Gasteiger partial charge on any atom is 0.391 e. The van der Waals surface area contributed by atoms with Crippen molar-refractivity contribution in [3.8, 4) is 0 Å². The first-order valence-corrected chi connectivity index (χ1v) is 7.25. The first-order valence-electron chi connectivity index (χ1n) is 6.87. The number of aryl methyl sites for hydroxylation is 1. The van der Waals surface area contributed by atoms with Gasteiger partial charge in [0.1, 0.15) is 0 Å². The molecule has 0 aliphatic heterocycles. The fourth-order valence-electron chi connectivity index (χ4n) is 2.70. The number of hydrogen-bond acceptors (Lipinski definition) is 0. The summed E-state index contributed by atoms with van der Waals surface area (Å²) in [6, 6.07) is 5.66. The van der Waals surface area contributed by atoms with Gasteiger partial charge in [0.25, 0.3) is 0 Å². The molecular formula is C16H18ClF3. The van der Waals surface area contributed by atoms with E-state index >= 15 is 0 Å². The van der Waals surface area contributed by atoms with Crippen LogP contribution < -0.4 is 0 Å². The summed E-state index contributed by atoms with van der Waals surface area (Å²) in [5.41, 5.74) is 2.16. The van der Waals surface area contributed by atoms with Gasteiger partial charge in [0.15, 0.2) is 0 Å². The van der Waals surface area contributed by atoms with E-state index in [-0.39, 0.29) is 18.8 Å². The number of benzene rings is 1. The van der Waals surface area contributed by atoms with Gasteiger partial charge in [-0.2, -0.15) is 13.2 Å². The average molecular weight is 303 g/mol. The van der Waals surface area contributed by atoms with E-state index in [1.807, 2.05) is 37.3 Å². The molecule has 0 spiro atoms. The maximum atomic E-state index is 12.6. The number of rotatable bonds is 2. The lowest BCUT2D eigenvalue weighted by atomic mass is 9.81. The highest BCUT2D eigenvalue weighted by atomic mass is 35.5. The van der Waals surface area contributed by atoms with E-state index in [0.717, 1.165) is 11.1 Å². The Labute approximate surface area is 122 Å². The summed E-state index contributed by atoms with van der Waals surface area (Å²) in [6.07, 6.45) is 1.76. The molecule has 1 fully saturated rings. The second-order valence-corrected chi connectivity index (χ2v) is 5.95. The van der Waals surface area contributed by atoms with Crippen LogP contribution in [0, 0.1) is 18.8 Å².